The summed E-state index contributed by atoms with van der Waals surface area (Å²) in [7, 11) is 4.26. The first-order valence-corrected chi connectivity index (χ1v) is 6.07. The zero-order valence-electron chi connectivity index (χ0n) is 11.5. The zero-order chi connectivity index (χ0) is 14.2. The van der Waals surface area contributed by atoms with Crippen molar-refractivity contribution in [1.82, 2.24) is 0 Å². The van der Waals surface area contributed by atoms with Crippen molar-refractivity contribution in [2.45, 2.75) is 31.7 Å². The molecule has 1 aliphatic heterocycles. The standard InChI is InChI=1S/C13H18O6/c1-7-11(12(15)16-2)9-5-8(14)6-10(19-7)13(9,17-3)18-4/h9-10H,5-6H2,1-4H3. The Labute approximate surface area is 111 Å². The number of methoxy groups -OCH3 is 3. The first-order chi connectivity index (χ1) is 9.00. The zero-order valence-corrected chi connectivity index (χ0v) is 11.5. The van der Waals surface area contributed by atoms with Gasteiger partial charge < -0.3 is 18.9 Å². The van der Waals surface area contributed by atoms with Gasteiger partial charge in [0.15, 0.2) is 6.10 Å². The summed E-state index contributed by atoms with van der Waals surface area (Å²) in [4.78, 5) is 23.7. The van der Waals surface area contributed by atoms with Gasteiger partial charge in [0.25, 0.3) is 0 Å². The van der Waals surface area contributed by atoms with E-state index in [2.05, 4.69) is 0 Å². The van der Waals surface area contributed by atoms with Crippen molar-refractivity contribution in [1.29, 1.82) is 0 Å². The predicted octanol–water partition coefficient (Wildman–Crippen LogP) is 0.800. The van der Waals surface area contributed by atoms with Crippen LogP contribution >= 0.6 is 0 Å². The number of hydrogen-bond acceptors (Lipinski definition) is 6. The number of Topliss-reactive ketones (excluding diaryl/α,β-unsaturated/α-hetero) is 1. The Balaban J connectivity index is 2.53. The van der Waals surface area contributed by atoms with E-state index in [1.165, 1.54) is 21.3 Å². The van der Waals surface area contributed by atoms with Gasteiger partial charge in [0.1, 0.15) is 11.5 Å². The molecule has 6 nitrogen and oxygen atoms in total. The van der Waals surface area contributed by atoms with Crippen molar-refractivity contribution in [3.8, 4) is 0 Å². The molecule has 0 N–H and O–H groups in total. The number of ketones is 1. The van der Waals surface area contributed by atoms with Gasteiger partial charge >= 0.3 is 5.97 Å². The van der Waals surface area contributed by atoms with E-state index >= 15 is 0 Å². The van der Waals surface area contributed by atoms with Crippen LogP contribution in [0.5, 0.6) is 0 Å². The van der Waals surface area contributed by atoms with Crippen LogP contribution in [0, 0.1) is 5.92 Å². The number of esters is 1. The molecule has 2 rings (SSSR count). The number of allylic oxidation sites excluding steroid dienone is 1. The highest BCUT2D eigenvalue weighted by molar-refractivity contribution is 5.92. The maximum absolute atomic E-state index is 11.9. The van der Waals surface area contributed by atoms with E-state index in [9.17, 15) is 9.59 Å². The van der Waals surface area contributed by atoms with Gasteiger partial charge in [-0.3, -0.25) is 4.79 Å². The smallest absolute Gasteiger partial charge is 0.337 e. The molecule has 0 spiro atoms. The Morgan fingerprint density at radius 2 is 1.89 bits per heavy atom. The third-order valence-electron chi connectivity index (χ3n) is 3.87. The Kier molecular flexibility index (Phi) is 3.64. The molecule has 0 radical (unpaired) electrons. The molecular formula is C13H18O6. The lowest BCUT2D eigenvalue weighted by Crippen LogP contribution is -2.60. The molecule has 6 heteroatoms. The van der Waals surface area contributed by atoms with Crippen LogP contribution in [0.25, 0.3) is 0 Å². The quantitative estimate of drug-likeness (QED) is 0.558. The molecule has 0 aromatic rings. The van der Waals surface area contributed by atoms with Crippen LogP contribution in [0.2, 0.25) is 0 Å². The molecule has 1 saturated carbocycles. The summed E-state index contributed by atoms with van der Waals surface area (Å²) in [5, 5.41) is 0. The number of hydrogen-bond donors (Lipinski definition) is 0. The van der Waals surface area contributed by atoms with Crippen LogP contribution < -0.4 is 0 Å². The Morgan fingerprint density at radius 3 is 2.42 bits per heavy atom. The van der Waals surface area contributed by atoms with Crippen molar-refractivity contribution in [2.24, 2.45) is 5.92 Å². The molecule has 2 aliphatic rings. The van der Waals surface area contributed by atoms with Gasteiger partial charge in [-0.25, -0.2) is 4.79 Å². The van der Waals surface area contributed by atoms with Crippen LogP contribution in [0.15, 0.2) is 11.3 Å². The normalized spacial score (nSPS) is 28.9. The molecule has 0 aromatic carbocycles. The molecule has 1 heterocycles. The first-order valence-electron chi connectivity index (χ1n) is 6.07. The summed E-state index contributed by atoms with van der Waals surface area (Å²) in [5.74, 6) is -1.64. The van der Waals surface area contributed by atoms with Gasteiger partial charge in [0.2, 0.25) is 5.79 Å². The third kappa shape index (κ3) is 1.95. The molecule has 0 saturated heterocycles. The molecule has 1 aliphatic carbocycles. The maximum Gasteiger partial charge on any atom is 0.337 e. The second-order valence-electron chi connectivity index (χ2n) is 4.70. The molecule has 1 fully saturated rings. The molecule has 2 atom stereocenters. The van der Waals surface area contributed by atoms with Gasteiger partial charge in [-0.15, -0.1) is 0 Å². The lowest BCUT2D eigenvalue weighted by molar-refractivity contribution is -0.299. The van der Waals surface area contributed by atoms with E-state index in [4.69, 9.17) is 18.9 Å². The summed E-state index contributed by atoms with van der Waals surface area (Å²) in [6.45, 7) is 1.69. The summed E-state index contributed by atoms with van der Waals surface area (Å²) in [6.07, 6.45) is -0.144. The number of ether oxygens (including phenoxy) is 4. The monoisotopic (exact) mass is 270 g/mol. The topological polar surface area (TPSA) is 71.1 Å². The molecular weight excluding hydrogens is 252 g/mol. The van der Waals surface area contributed by atoms with Gasteiger partial charge in [0.05, 0.1) is 18.6 Å². The second-order valence-corrected chi connectivity index (χ2v) is 4.70. The van der Waals surface area contributed by atoms with Crippen molar-refractivity contribution in [3.63, 3.8) is 0 Å². The van der Waals surface area contributed by atoms with Crippen molar-refractivity contribution >= 4 is 11.8 Å². The Bertz CT molecular complexity index is 434. The van der Waals surface area contributed by atoms with Crippen molar-refractivity contribution in [3.05, 3.63) is 11.3 Å². The fourth-order valence-corrected chi connectivity index (χ4v) is 3.00. The predicted molar refractivity (Wildman–Crippen MR) is 64.1 cm³/mol. The summed E-state index contributed by atoms with van der Waals surface area (Å²) >= 11 is 0. The molecule has 0 aromatic heterocycles. The number of carbonyl (C=O) groups excluding carboxylic acids is 2. The van der Waals surface area contributed by atoms with E-state index in [0.717, 1.165) is 0 Å². The summed E-state index contributed by atoms with van der Waals surface area (Å²) in [5.41, 5.74) is 0.315. The number of carbonyl (C=O) groups is 2. The molecule has 2 unspecified atom stereocenters. The van der Waals surface area contributed by atoms with E-state index < -0.39 is 23.8 Å². The van der Waals surface area contributed by atoms with Crippen LogP contribution in [-0.4, -0.2) is 45.0 Å². The second kappa shape index (κ2) is 4.94. The highest BCUT2D eigenvalue weighted by Crippen LogP contribution is 2.47. The van der Waals surface area contributed by atoms with Gasteiger partial charge in [0, 0.05) is 27.1 Å². The Hall–Kier alpha value is -1.40. The van der Waals surface area contributed by atoms with E-state index in [1.54, 1.807) is 6.92 Å². The fraction of sp³-hybridized carbons (Fsp3) is 0.692. The number of fused-ring (bicyclic) bond motifs is 2. The fourth-order valence-electron chi connectivity index (χ4n) is 3.00. The first kappa shape index (κ1) is 14.0. The van der Waals surface area contributed by atoms with Gasteiger partial charge in [-0.2, -0.15) is 0 Å². The van der Waals surface area contributed by atoms with Crippen LogP contribution in [0.4, 0.5) is 0 Å². The van der Waals surface area contributed by atoms with Crippen molar-refractivity contribution < 1.29 is 28.5 Å². The largest absolute Gasteiger partial charge is 0.488 e. The summed E-state index contributed by atoms with van der Waals surface area (Å²) < 4.78 is 21.4. The van der Waals surface area contributed by atoms with E-state index in [0.29, 0.717) is 11.3 Å². The van der Waals surface area contributed by atoms with Gasteiger partial charge in [-0.1, -0.05) is 0 Å². The van der Waals surface area contributed by atoms with Crippen LogP contribution in [0.3, 0.4) is 0 Å². The average molecular weight is 270 g/mol. The molecule has 19 heavy (non-hydrogen) atoms. The van der Waals surface area contributed by atoms with E-state index in [-0.39, 0.29) is 18.6 Å². The minimum atomic E-state index is -1.11. The van der Waals surface area contributed by atoms with Crippen LogP contribution in [-0.2, 0) is 28.5 Å². The third-order valence-corrected chi connectivity index (χ3v) is 3.87. The summed E-state index contributed by atoms with van der Waals surface area (Å²) in [6, 6.07) is 0. The SMILES string of the molecule is COC(=O)C1=C(C)OC2CC(=O)CC1C2(OC)OC. The highest BCUT2D eigenvalue weighted by Gasteiger charge is 2.59. The van der Waals surface area contributed by atoms with Crippen molar-refractivity contribution in [2.75, 3.05) is 21.3 Å². The molecule has 0 amide bonds. The minimum absolute atomic E-state index is 0.0219. The minimum Gasteiger partial charge on any atom is -0.488 e. The lowest BCUT2D eigenvalue weighted by Gasteiger charge is -2.49. The molecule has 106 valence electrons. The highest BCUT2D eigenvalue weighted by atomic mass is 16.7. The lowest BCUT2D eigenvalue weighted by atomic mass is 9.73. The van der Waals surface area contributed by atoms with E-state index in [1.807, 2.05) is 0 Å². The maximum atomic E-state index is 11.9. The number of rotatable bonds is 3. The molecule has 2 bridgehead atoms. The Morgan fingerprint density at radius 1 is 1.26 bits per heavy atom. The van der Waals surface area contributed by atoms with Gasteiger partial charge in [-0.05, 0) is 6.92 Å². The average Bonchev–Trinajstić information content (AvgIpc) is 2.38. The van der Waals surface area contributed by atoms with Crippen LogP contribution in [0.1, 0.15) is 19.8 Å².